The first-order valence-electron chi connectivity index (χ1n) is 7.48. The minimum absolute atomic E-state index is 0.667. The van der Waals surface area contributed by atoms with Crippen molar-refractivity contribution in [1.29, 1.82) is 0 Å². The molecule has 8 N–H and O–H groups in total. The van der Waals surface area contributed by atoms with E-state index >= 15 is 0 Å². The smallest absolute Gasteiger partial charge is 0.187 e. The molecule has 0 saturated carbocycles. The van der Waals surface area contributed by atoms with Crippen LogP contribution >= 0.6 is 0 Å². The monoisotopic (exact) mass is 384 g/mol. The SMILES string of the molecule is OC[C@H]1O[C@@H](O[C@H]2[C@H](O)[C@@H](O)[C@H](O)O[C@@H]2CO)[C@H](O)[C@@H](O)[C@H]1O.[N-]=[N+]=[N-]. The van der Waals surface area contributed by atoms with E-state index in [1.165, 1.54) is 4.91 Å². The average Bonchev–Trinajstić information content (AvgIpc) is 2.62. The van der Waals surface area contributed by atoms with Gasteiger partial charge in [-0.1, -0.05) is 0 Å². The lowest BCUT2D eigenvalue weighted by atomic mass is 9.97. The molecule has 0 aliphatic carbocycles. The largest absolute Gasteiger partial charge is 0.394 e. The van der Waals surface area contributed by atoms with Crippen LogP contribution in [0.25, 0.3) is 16.0 Å². The maximum atomic E-state index is 9.94. The normalized spacial score (nSPS) is 46.0. The number of nitrogens with zero attached hydrogens (tertiary/aromatic N) is 3. The van der Waals surface area contributed by atoms with Gasteiger partial charge in [-0.05, 0) is 0 Å². The van der Waals surface area contributed by atoms with Gasteiger partial charge in [0.05, 0.1) is 13.2 Å². The molecule has 0 radical (unpaired) electrons. The van der Waals surface area contributed by atoms with Gasteiger partial charge in [0.2, 0.25) is 0 Å². The lowest BCUT2D eigenvalue weighted by molar-refractivity contribution is -0.355. The van der Waals surface area contributed by atoms with E-state index in [2.05, 4.69) is 0 Å². The molecule has 14 heteroatoms. The van der Waals surface area contributed by atoms with Crippen molar-refractivity contribution in [3.8, 4) is 0 Å². The Labute approximate surface area is 146 Å². The van der Waals surface area contributed by atoms with E-state index in [0.29, 0.717) is 0 Å². The third-order valence-electron chi connectivity index (χ3n) is 3.98. The number of aliphatic hydroxyl groups excluding tert-OH is 8. The molecular formula is C12H22N3O11-. The van der Waals surface area contributed by atoms with Crippen molar-refractivity contribution >= 4 is 0 Å². The quantitative estimate of drug-likeness (QED) is 0.130. The summed E-state index contributed by atoms with van der Waals surface area (Å²) in [5.41, 5.74) is 13.5. The van der Waals surface area contributed by atoms with Gasteiger partial charge >= 0.3 is 0 Å². The van der Waals surface area contributed by atoms with Crippen LogP contribution in [0.4, 0.5) is 0 Å². The van der Waals surface area contributed by atoms with Gasteiger partial charge in [-0.3, -0.25) is 4.91 Å². The zero-order valence-corrected chi connectivity index (χ0v) is 13.3. The van der Waals surface area contributed by atoms with Gasteiger partial charge in [0.25, 0.3) is 0 Å². The van der Waals surface area contributed by atoms with Crippen LogP contribution in [0.15, 0.2) is 0 Å². The number of ether oxygens (including phenoxy) is 3. The Hall–Kier alpha value is -1.13. The Kier molecular flexibility index (Phi) is 9.05. The molecule has 10 atom stereocenters. The van der Waals surface area contributed by atoms with Crippen LogP contribution in [-0.2, 0) is 14.2 Å². The first-order chi connectivity index (χ1) is 12.2. The lowest BCUT2D eigenvalue weighted by Crippen LogP contribution is -2.64. The molecule has 2 aliphatic rings. The van der Waals surface area contributed by atoms with Gasteiger partial charge in [0.15, 0.2) is 12.6 Å². The van der Waals surface area contributed by atoms with E-state index in [4.69, 9.17) is 30.4 Å². The molecule has 0 aromatic rings. The van der Waals surface area contributed by atoms with E-state index in [1.807, 2.05) is 0 Å². The summed E-state index contributed by atoms with van der Waals surface area (Å²) < 4.78 is 15.3. The standard InChI is InChI=1S/C12H22O11.N3/c13-1-3-5(15)6(16)9(19)12(22-3)23-10-4(2-14)21-11(20)8(18)7(10)17;1-3-2/h3-20H,1-2H2;/q;-1/t3-,4-,5+,6+,7-,8-,9-,10-,11-,12+;/m1./s1. The molecular weight excluding hydrogens is 362 g/mol. The molecule has 152 valence electrons. The summed E-state index contributed by atoms with van der Waals surface area (Å²) in [6, 6.07) is 0. The number of rotatable bonds is 4. The Morgan fingerprint density at radius 2 is 1.27 bits per heavy atom. The van der Waals surface area contributed by atoms with Crippen LogP contribution in [0.2, 0.25) is 0 Å². The fraction of sp³-hybridized carbons (Fsp3) is 1.00. The Balaban J connectivity index is 0.00000105. The topological polar surface area (TPSA) is 248 Å². The summed E-state index contributed by atoms with van der Waals surface area (Å²) in [5, 5.41) is 76.5. The Morgan fingerprint density at radius 1 is 0.731 bits per heavy atom. The summed E-state index contributed by atoms with van der Waals surface area (Å²) in [6.07, 6.45) is -15.6. The van der Waals surface area contributed by atoms with Gasteiger partial charge in [0, 0.05) is 0 Å². The van der Waals surface area contributed by atoms with E-state index < -0.39 is 74.6 Å². The summed E-state index contributed by atoms with van der Waals surface area (Å²) in [4.78, 5) is 1.50. The predicted octanol–water partition coefficient (Wildman–Crippen LogP) is -4.53. The fourth-order valence-corrected chi connectivity index (χ4v) is 2.57. The summed E-state index contributed by atoms with van der Waals surface area (Å²) >= 11 is 0. The number of hydrogen-bond acceptors (Lipinski definition) is 11. The molecule has 0 amide bonds. The fourth-order valence-electron chi connectivity index (χ4n) is 2.57. The first kappa shape index (κ1) is 22.9. The number of aliphatic hydroxyl groups is 8. The van der Waals surface area contributed by atoms with Crippen LogP contribution < -0.4 is 0 Å². The van der Waals surface area contributed by atoms with Gasteiger partial charge in [0.1, 0.15) is 48.8 Å². The summed E-state index contributed by atoms with van der Waals surface area (Å²) in [6.45, 7) is -1.35. The van der Waals surface area contributed by atoms with E-state index in [-0.39, 0.29) is 0 Å². The van der Waals surface area contributed by atoms with Crippen molar-refractivity contribution in [2.24, 2.45) is 0 Å². The molecule has 2 fully saturated rings. The molecule has 2 heterocycles. The molecule has 0 bridgehead atoms. The third-order valence-corrected chi connectivity index (χ3v) is 3.98. The second-order valence-electron chi connectivity index (χ2n) is 5.62. The zero-order chi connectivity index (χ0) is 20.0. The highest BCUT2D eigenvalue weighted by Crippen LogP contribution is 2.28. The van der Waals surface area contributed by atoms with Crippen molar-refractivity contribution < 1.29 is 55.1 Å². The molecule has 0 unspecified atom stereocenters. The Bertz CT molecular complexity index is 462. The molecule has 0 aromatic heterocycles. The second kappa shape index (κ2) is 10.3. The molecule has 26 heavy (non-hydrogen) atoms. The van der Waals surface area contributed by atoms with Crippen molar-refractivity contribution in [1.82, 2.24) is 0 Å². The van der Waals surface area contributed by atoms with E-state index in [9.17, 15) is 35.7 Å². The van der Waals surface area contributed by atoms with Crippen molar-refractivity contribution in [2.75, 3.05) is 13.2 Å². The summed E-state index contributed by atoms with van der Waals surface area (Å²) in [7, 11) is 0. The Morgan fingerprint density at radius 3 is 1.77 bits per heavy atom. The van der Waals surface area contributed by atoms with Gasteiger partial charge < -0.3 is 66.1 Å². The zero-order valence-electron chi connectivity index (χ0n) is 13.3. The lowest BCUT2D eigenvalue weighted by Gasteiger charge is -2.45. The molecule has 2 aliphatic heterocycles. The highest BCUT2D eigenvalue weighted by Gasteiger charge is 2.50. The highest BCUT2D eigenvalue weighted by molar-refractivity contribution is 4.93. The van der Waals surface area contributed by atoms with E-state index in [0.717, 1.165) is 0 Å². The van der Waals surface area contributed by atoms with Gasteiger partial charge in [-0.15, -0.1) is 0 Å². The van der Waals surface area contributed by atoms with Crippen LogP contribution in [0.5, 0.6) is 0 Å². The minimum atomic E-state index is -1.74. The van der Waals surface area contributed by atoms with Crippen LogP contribution in [0.3, 0.4) is 0 Å². The van der Waals surface area contributed by atoms with Crippen LogP contribution in [-0.4, -0.2) is 115 Å². The first-order valence-corrected chi connectivity index (χ1v) is 7.48. The molecule has 14 nitrogen and oxygen atoms in total. The summed E-state index contributed by atoms with van der Waals surface area (Å²) in [5.74, 6) is 0. The molecule has 0 spiro atoms. The minimum Gasteiger partial charge on any atom is -0.394 e. The maximum Gasteiger partial charge on any atom is 0.187 e. The van der Waals surface area contributed by atoms with Crippen molar-refractivity contribution in [2.45, 2.75) is 61.4 Å². The second-order valence-corrected chi connectivity index (χ2v) is 5.62. The van der Waals surface area contributed by atoms with Crippen LogP contribution in [0, 0.1) is 0 Å². The number of hydrogen-bond donors (Lipinski definition) is 8. The van der Waals surface area contributed by atoms with Crippen molar-refractivity contribution in [3.63, 3.8) is 0 Å². The maximum absolute atomic E-state index is 9.94. The van der Waals surface area contributed by atoms with Gasteiger partial charge in [-0.2, -0.15) is 0 Å². The molecule has 0 aromatic carbocycles. The molecule has 2 rings (SSSR count). The highest BCUT2D eigenvalue weighted by atomic mass is 16.7. The average molecular weight is 384 g/mol. The predicted molar refractivity (Wildman–Crippen MR) is 78.7 cm³/mol. The van der Waals surface area contributed by atoms with Gasteiger partial charge in [-0.25, -0.2) is 0 Å². The molecule has 2 saturated heterocycles. The van der Waals surface area contributed by atoms with Crippen LogP contribution in [0.1, 0.15) is 0 Å². The van der Waals surface area contributed by atoms with Crippen molar-refractivity contribution in [3.05, 3.63) is 16.0 Å². The van der Waals surface area contributed by atoms with E-state index in [1.54, 1.807) is 0 Å². The third kappa shape index (κ3) is 4.98.